The number of carbonyl (C=O) groups excluding carboxylic acids is 2. The van der Waals surface area contributed by atoms with Crippen LogP contribution in [0.25, 0.3) is 16.9 Å². The number of amides is 2. The van der Waals surface area contributed by atoms with Crippen molar-refractivity contribution >= 4 is 29.4 Å². The molecule has 0 spiro atoms. The number of halogens is 1. The molecule has 3 aromatic carbocycles. The van der Waals surface area contributed by atoms with Crippen molar-refractivity contribution in [2.75, 3.05) is 33.2 Å². The highest BCUT2D eigenvalue weighted by atomic mass is 35.5. The number of ether oxygens (including phenoxy) is 3. The average molecular weight is 563 g/mol. The molecule has 208 valence electrons. The van der Waals surface area contributed by atoms with Crippen LogP contribution in [0.1, 0.15) is 24.2 Å². The Hall–Kier alpha value is -4.50. The predicted molar refractivity (Wildman–Crippen MR) is 155 cm³/mol. The summed E-state index contributed by atoms with van der Waals surface area (Å²) in [6.07, 6.45) is 1.81. The van der Waals surface area contributed by atoms with Crippen LogP contribution in [0.5, 0.6) is 17.2 Å². The van der Waals surface area contributed by atoms with Gasteiger partial charge in [-0.1, -0.05) is 29.8 Å². The van der Waals surface area contributed by atoms with Crippen molar-refractivity contribution in [3.05, 3.63) is 83.5 Å². The maximum atomic E-state index is 13.3. The SMILES string of the molecule is COc1cccc(C(=O)N(CC(=O)Nc2nc(-c3ccc(Cl)cc3)cn2-c2ccc(OC)c(OC)c2)C(C)C)c1. The predicted octanol–water partition coefficient (Wildman–Crippen LogP) is 5.71. The summed E-state index contributed by atoms with van der Waals surface area (Å²) in [6.45, 7) is 3.53. The van der Waals surface area contributed by atoms with Crippen molar-refractivity contribution in [1.82, 2.24) is 14.5 Å². The van der Waals surface area contributed by atoms with Crippen LogP contribution in [-0.2, 0) is 4.79 Å². The highest BCUT2D eigenvalue weighted by molar-refractivity contribution is 6.30. The van der Waals surface area contributed by atoms with Crippen molar-refractivity contribution in [2.45, 2.75) is 19.9 Å². The number of aromatic nitrogens is 2. The Labute approximate surface area is 238 Å². The van der Waals surface area contributed by atoms with E-state index in [0.717, 1.165) is 5.56 Å². The van der Waals surface area contributed by atoms with Crippen LogP contribution in [0.15, 0.2) is 72.9 Å². The number of nitrogens with one attached hydrogen (secondary N) is 1. The van der Waals surface area contributed by atoms with E-state index >= 15 is 0 Å². The molecule has 0 saturated carbocycles. The summed E-state index contributed by atoms with van der Waals surface area (Å²) in [7, 11) is 4.65. The van der Waals surface area contributed by atoms with Gasteiger partial charge in [-0.05, 0) is 56.3 Å². The number of hydrogen-bond acceptors (Lipinski definition) is 6. The van der Waals surface area contributed by atoms with E-state index in [4.69, 9.17) is 30.8 Å². The van der Waals surface area contributed by atoms with Crippen LogP contribution >= 0.6 is 11.6 Å². The fraction of sp³-hybridized carbons (Fsp3) is 0.233. The minimum atomic E-state index is -0.403. The topological polar surface area (TPSA) is 94.9 Å². The molecule has 0 unspecified atom stereocenters. The van der Waals surface area contributed by atoms with E-state index in [1.807, 2.05) is 38.2 Å². The molecule has 40 heavy (non-hydrogen) atoms. The lowest BCUT2D eigenvalue weighted by Crippen LogP contribution is -2.42. The number of imidazole rings is 1. The Morgan fingerprint density at radius 2 is 1.68 bits per heavy atom. The van der Waals surface area contributed by atoms with Crippen molar-refractivity contribution in [3.8, 4) is 34.2 Å². The molecule has 4 rings (SSSR count). The Balaban J connectivity index is 1.66. The van der Waals surface area contributed by atoms with E-state index in [1.165, 1.54) is 12.0 Å². The summed E-state index contributed by atoms with van der Waals surface area (Å²) in [4.78, 5) is 32.8. The van der Waals surface area contributed by atoms with Crippen LogP contribution < -0.4 is 19.5 Å². The zero-order valence-electron chi connectivity index (χ0n) is 23.0. The van der Waals surface area contributed by atoms with Crippen molar-refractivity contribution in [3.63, 3.8) is 0 Å². The van der Waals surface area contributed by atoms with Gasteiger partial charge in [-0.2, -0.15) is 0 Å². The van der Waals surface area contributed by atoms with E-state index in [0.29, 0.717) is 39.2 Å². The number of carbonyl (C=O) groups is 2. The molecular formula is C30H31ClN4O5. The van der Waals surface area contributed by atoms with Crippen molar-refractivity contribution in [2.24, 2.45) is 0 Å². The van der Waals surface area contributed by atoms with Gasteiger partial charge in [0.15, 0.2) is 11.5 Å². The second-order valence-corrected chi connectivity index (χ2v) is 9.61. The molecule has 0 aliphatic heterocycles. The molecule has 0 saturated heterocycles. The van der Waals surface area contributed by atoms with Crippen molar-refractivity contribution < 1.29 is 23.8 Å². The molecule has 1 aromatic heterocycles. The average Bonchev–Trinajstić information content (AvgIpc) is 3.38. The zero-order valence-corrected chi connectivity index (χ0v) is 23.7. The van der Waals surface area contributed by atoms with Crippen LogP contribution in [0, 0.1) is 0 Å². The standard InChI is InChI=1S/C30H31ClN4O5/c1-19(2)34(29(37)21-7-6-8-24(15-21)38-3)18-28(36)33-30-32-25(20-9-11-22(31)12-10-20)17-35(30)23-13-14-26(39-4)27(16-23)40-5/h6-17,19H,18H2,1-5H3,(H,32,33,36). The Morgan fingerprint density at radius 1 is 0.950 bits per heavy atom. The molecule has 4 aromatic rings. The number of nitrogens with zero attached hydrogens (tertiary/aromatic N) is 3. The van der Waals surface area contributed by atoms with Crippen molar-refractivity contribution in [1.29, 1.82) is 0 Å². The van der Waals surface area contributed by atoms with Gasteiger partial charge in [0.1, 0.15) is 12.3 Å². The van der Waals surface area contributed by atoms with Gasteiger partial charge in [0.05, 0.1) is 32.7 Å². The maximum absolute atomic E-state index is 13.3. The van der Waals surface area contributed by atoms with Gasteiger partial charge in [0, 0.05) is 34.5 Å². The van der Waals surface area contributed by atoms with E-state index < -0.39 is 5.91 Å². The smallest absolute Gasteiger partial charge is 0.254 e. The lowest BCUT2D eigenvalue weighted by molar-refractivity contribution is -0.117. The summed E-state index contributed by atoms with van der Waals surface area (Å²) >= 11 is 6.08. The molecule has 0 atom stereocenters. The normalized spacial score (nSPS) is 10.8. The highest BCUT2D eigenvalue weighted by Gasteiger charge is 2.23. The largest absolute Gasteiger partial charge is 0.497 e. The van der Waals surface area contributed by atoms with E-state index in [-0.39, 0.29) is 24.4 Å². The van der Waals surface area contributed by atoms with Crippen LogP contribution in [0.3, 0.4) is 0 Å². The van der Waals surface area contributed by atoms with Gasteiger partial charge >= 0.3 is 0 Å². The highest BCUT2D eigenvalue weighted by Crippen LogP contribution is 2.32. The number of hydrogen-bond donors (Lipinski definition) is 1. The van der Waals surface area contributed by atoms with Gasteiger partial charge in [-0.25, -0.2) is 4.98 Å². The summed E-state index contributed by atoms with van der Waals surface area (Å²) in [6, 6.07) is 19.2. The molecule has 9 nitrogen and oxygen atoms in total. The summed E-state index contributed by atoms with van der Waals surface area (Å²) in [5.41, 5.74) is 2.55. The fourth-order valence-electron chi connectivity index (χ4n) is 4.13. The van der Waals surface area contributed by atoms with E-state index in [1.54, 1.807) is 67.3 Å². The van der Waals surface area contributed by atoms with Gasteiger partial charge in [0.25, 0.3) is 5.91 Å². The van der Waals surface area contributed by atoms with E-state index in [9.17, 15) is 9.59 Å². The molecule has 2 amide bonds. The second kappa shape index (κ2) is 12.6. The monoisotopic (exact) mass is 562 g/mol. The molecule has 0 aliphatic carbocycles. The first-order valence-corrected chi connectivity index (χ1v) is 12.9. The number of methoxy groups -OCH3 is 3. The first kappa shape index (κ1) is 28.5. The minimum Gasteiger partial charge on any atom is -0.497 e. The Bertz CT molecular complexity index is 1500. The Morgan fingerprint density at radius 3 is 2.33 bits per heavy atom. The molecule has 0 fully saturated rings. The van der Waals surface area contributed by atoms with E-state index in [2.05, 4.69) is 5.32 Å². The van der Waals surface area contributed by atoms with Gasteiger partial charge in [-0.15, -0.1) is 0 Å². The molecule has 0 bridgehead atoms. The zero-order chi connectivity index (χ0) is 28.8. The lowest BCUT2D eigenvalue weighted by Gasteiger charge is -2.26. The lowest BCUT2D eigenvalue weighted by atomic mass is 10.1. The van der Waals surface area contributed by atoms with Gasteiger partial charge in [-0.3, -0.25) is 19.5 Å². The third-order valence-corrected chi connectivity index (χ3v) is 6.51. The fourth-order valence-corrected chi connectivity index (χ4v) is 4.26. The molecule has 0 radical (unpaired) electrons. The quantitative estimate of drug-likeness (QED) is 0.266. The molecule has 1 heterocycles. The molecular weight excluding hydrogens is 532 g/mol. The number of anilines is 1. The molecule has 1 N–H and O–H groups in total. The van der Waals surface area contributed by atoms with Gasteiger partial charge in [0.2, 0.25) is 11.9 Å². The number of rotatable bonds is 10. The van der Waals surface area contributed by atoms with Crippen LogP contribution in [0.2, 0.25) is 5.02 Å². The summed E-state index contributed by atoms with van der Waals surface area (Å²) in [5.74, 6) is 1.24. The van der Waals surface area contributed by atoms with Crippen LogP contribution in [-0.4, -0.2) is 60.2 Å². The first-order valence-electron chi connectivity index (χ1n) is 12.6. The van der Waals surface area contributed by atoms with Crippen LogP contribution in [0.4, 0.5) is 5.95 Å². The third-order valence-electron chi connectivity index (χ3n) is 6.26. The van der Waals surface area contributed by atoms with Gasteiger partial charge < -0.3 is 19.1 Å². The molecule has 10 heteroatoms. The number of benzene rings is 3. The maximum Gasteiger partial charge on any atom is 0.254 e. The second-order valence-electron chi connectivity index (χ2n) is 9.17. The third kappa shape index (κ3) is 6.38. The minimum absolute atomic E-state index is 0.178. The summed E-state index contributed by atoms with van der Waals surface area (Å²) in [5, 5.41) is 3.49. The summed E-state index contributed by atoms with van der Waals surface area (Å²) < 4.78 is 17.8. The Kier molecular flexibility index (Phi) is 8.96. The molecule has 0 aliphatic rings. The first-order chi connectivity index (χ1) is 19.2.